The molecule has 1 aliphatic heterocycles. The molecule has 0 fully saturated rings. The number of allylic oxidation sites excluding steroid dienone is 23. The Hall–Kier alpha value is -10.4. The second kappa shape index (κ2) is 25.5. The second-order valence-corrected chi connectivity index (χ2v) is 28.2. The highest BCUT2D eigenvalue weighted by atomic mass is 32.2. The highest BCUT2D eigenvalue weighted by Crippen LogP contribution is 2.62. The third kappa shape index (κ3) is 10.7. The third-order valence-corrected chi connectivity index (χ3v) is 23.0. The molecule has 0 bridgehead atoms. The van der Waals surface area contributed by atoms with E-state index in [1.165, 1.54) is 68.3 Å². The van der Waals surface area contributed by atoms with Crippen LogP contribution in [0.1, 0.15) is 108 Å². The zero-order chi connectivity index (χ0) is 66.9. The maximum Gasteiger partial charge on any atom is 0.160 e. The van der Waals surface area contributed by atoms with E-state index in [2.05, 4.69) is 229 Å². The predicted molar refractivity (Wildman–Crippen MR) is 394 cm³/mol. The lowest BCUT2D eigenvalue weighted by Crippen LogP contribution is -2.37. The van der Waals surface area contributed by atoms with Crippen LogP contribution in [0.3, 0.4) is 0 Å². The van der Waals surface area contributed by atoms with Crippen molar-refractivity contribution in [3.8, 4) is 5.75 Å². The topological polar surface area (TPSA) is 24.9 Å². The van der Waals surface area contributed by atoms with Gasteiger partial charge in [-0.05, 0) is 220 Å². The number of alkyl halides is 1. The lowest BCUT2D eigenvalue weighted by Gasteiger charge is -2.42. The molecule has 0 saturated heterocycles. The molecule has 488 valence electrons. The highest BCUT2D eigenvalue weighted by Gasteiger charge is 2.52. The molecule has 0 N–H and O–H groups in total. The number of thioether (sulfide) groups is 1. The SMILES string of the molecule is C=CC1=CC=C(OC2C=CC(C3(c4ccccc4)C4=C(CCC(N(C5=CCC(F)C(F)=C5)C5=CC6Sc7cc(N(c8ccc(F)c(F)c8)c8ccc9c(c8)C(c8ccccc8)(C8C=CC(Oc%10ccc(C=C)cc%10)=CC8)C8=C9C=CCC8)ccc7C6C=C5)=C4)c4ccccc43)=CC2)CC1. The van der Waals surface area contributed by atoms with Gasteiger partial charge < -0.3 is 19.3 Å². The van der Waals surface area contributed by atoms with Crippen molar-refractivity contribution >= 4 is 46.0 Å². The van der Waals surface area contributed by atoms with E-state index in [9.17, 15) is 0 Å². The number of fused-ring (bicyclic) bond motifs is 7. The molecule has 7 aromatic rings. The molecule has 1 heterocycles. The molecule has 7 unspecified atom stereocenters. The van der Waals surface area contributed by atoms with Crippen molar-refractivity contribution in [3.05, 3.63) is 393 Å². The van der Waals surface area contributed by atoms with Gasteiger partial charge in [0.1, 0.15) is 23.4 Å². The van der Waals surface area contributed by atoms with E-state index in [1.807, 2.05) is 42.5 Å². The van der Waals surface area contributed by atoms with Gasteiger partial charge in [0.2, 0.25) is 0 Å². The molecule has 10 aliphatic rings. The molecule has 7 atom stereocenters. The van der Waals surface area contributed by atoms with Crippen LogP contribution in [0.5, 0.6) is 5.75 Å². The van der Waals surface area contributed by atoms with Crippen LogP contribution in [0.4, 0.5) is 34.6 Å². The van der Waals surface area contributed by atoms with Gasteiger partial charge in [-0.1, -0.05) is 183 Å². The Kier molecular flexibility index (Phi) is 16.0. The summed E-state index contributed by atoms with van der Waals surface area (Å²) in [6.07, 6.45) is 42.7. The summed E-state index contributed by atoms with van der Waals surface area (Å²) in [4.78, 5) is 5.30. The van der Waals surface area contributed by atoms with Crippen LogP contribution in [0, 0.1) is 17.6 Å². The number of halogens is 4. The van der Waals surface area contributed by atoms with Crippen molar-refractivity contribution in [1.29, 1.82) is 0 Å². The zero-order valence-corrected chi connectivity index (χ0v) is 55.6. The fourth-order valence-electron chi connectivity index (χ4n) is 17.2. The van der Waals surface area contributed by atoms with Gasteiger partial charge in [-0.3, -0.25) is 0 Å². The van der Waals surface area contributed by atoms with Gasteiger partial charge in [-0.2, -0.15) is 0 Å². The summed E-state index contributed by atoms with van der Waals surface area (Å²) < 4.78 is 75.5. The first kappa shape index (κ1) is 62.2. The number of nitrogens with zero attached hydrogens (tertiary/aromatic N) is 2. The first-order valence-electron chi connectivity index (χ1n) is 34.6. The van der Waals surface area contributed by atoms with Crippen LogP contribution in [0.2, 0.25) is 0 Å². The molecule has 0 spiro atoms. The summed E-state index contributed by atoms with van der Waals surface area (Å²) in [6, 6.07) is 55.7. The van der Waals surface area contributed by atoms with Crippen molar-refractivity contribution in [1.82, 2.24) is 4.90 Å². The van der Waals surface area contributed by atoms with Gasteiger partial charge in [0.15, 0.2) is 17.8 Å². The summed E-state index contributed by atoms with van der Waals surface area (Å²) in [5.74, 6) is -0.145. The molecule has 0 radical (unpaired) electrons. The smallest absolute Gasteiger partial charge is 0.160 e. The summed E-state index contributed by atoms with van der Waals surface area (Å²) in [5, 5.41) is -0.0742. The van der Waals surface area contributed by atoms with Crippen molar-refractivity contribution in [2.45, 2.75) is 97.0 Å². The minimum atomic E-state index is -1.72. The van der Waals surface area contributed by atoms with Gasteiger partial charge in [-0.15, -0.1) is 11.8 Å². The van der Waals surface area contributed by atoms with E-state index < -0.39 is 34.5 Å². The lowest BCUT2D eigenvalue weighted by atomic mass is 9.60. The Bertz CT molecular complexity index is 4990. The fourth-order valence-corrected chi connectivity index (χ4v) is 18.6. The van der Waals surface area contributed by atoms with Crippen molar-refractivity contribution < 1.29 is 27.0 Å². The summed E-state index contributed by atoms with van der Waals surface area (Å²) in [6.45, 7) is 7.88. The Morgan fingerprint density at radius 2 is 1.38 bits per heavy atom. The van der Waals surface area contributed by atoms with E-state index >= 15 is 17.6 Å². The van der Waals surface area contributed by atoms with Gasteiger partial charge in [0.25, 0.3) is 0 Å². The molecule has 99 heavy (non-hydrogen) atoms. The monoisotopic (exact) mass is 1320 g/mol. The van der Waals surface area contributed by atoms with Crippen LogP contribution in [-0.4, -0.2) is 22.4 Å². The predicted octanol–water partition coefficient (Wildman–Crippen LogP) is 23.3. The van der Waals surface area contributed by atoms with E-state index in [1.54, 1.807) is 17.8 Å². The van der Waals surface area contributed by atoms with Crippen LogP contribution in [-0.2, 0) is 15.6 Å². The van der Waals surface area contributed by atoms with E-state index in [-0.39, 0.29) is 29.6 Å². The molecule has 9 heteroatoms. The van der Waals surface area contributed by atoms with E-state index in [4.69, 9.17) is 9.47 Å². The Balaban J connectivity index is 0.731. The van der Waals surface area contributed by atoms with Crippen molar-refractivity contribution in [2.24, 2.45) is 5.92 Å². The Morgan fingerprint density at radius 1 is 0.596 bits per heavy atom. The van der Waals surface area contributed by atoms with Crippen LogP contribution >= 0.6 is 11.8 Å². The fraction of sp³-hybridized carbons (Fsp3) is 0.178. The Labute approximate surface area is 581 Å². The largest absolute Gasteiger partial charge is 0.490 e. The van der Waals surface area contributed by atoms with Crippen molar-refractivity contribution in [2.75, 3.05) is 4.90 Å². The summed E-state index contributed by atoms with van der Waals surface area (Å²) >= 11 is 1.76. The average molecular weight is 1320 g/mol. The van der Waals surface area contributed by atoms with Gasteiger partial charge in [0.05, 0.1) is 11.2 Å². The number of hydrogen-bond acceptors (Lipinski definition) is 5. The number of rotatable bonds is 16. The molecule has 4 nitrogen and oxygen atoms in total. The van der Waals surface area contributed by atoms with Gasteiger partial charge in [-0.25, -0.2) is 17.6 Å². The van der Waals surface area contributed by atoms with Gasteiger partial charge in [0, 0.05) is 81.0 Å². The summed E-state index contributed by atoms with van der Waals surface area (Å²) in [5.41, 5.74) is 20.0. The van der Waals surface area contributed by atoms with Crippen molar-refractivity contribution in [3.63, 3.8) is 0 Å². The minimum Gasteiger partial charge on any atom is -0.490 e. The molecule has 0 saturated carbocycles. The highest BCUT2D eigenvalue weighted by molar-refractivity contribution is 8.00. The molecular weight excluding hydrogens is 1250 g/mol. The van der Waals surface area contributed by atoms with E-state index in [0.29, 0.717) is 30.6 Å². The number of anilines is 3. The molecule has 17 rings (SSSR count). The molecule has 0 aromatic heterocycles. The van der Waals surface area contributed by atoms with Crippen LogP contribution in [0.15, 0.2) is 342 Å². The Morgan fingerprint density at radius 3 is 2.14 bits per heavy atom. The minimum absolute atomic E-state index is 0.000819. The second-order valence-electron chi connectivity index (χ2n) is 27.0. The standard InChI is InChI=1S/C90H72F4N2O2S/c1-3-57-23-37-69(38-24-57)97-71-41-27-61(28-42-71)89(59-15-7-5-8-16-59)79-21-13-11-19-73(79)75-45-31-63(51-81(75)89)95(65-35-49-83(91)85(93)53-65)67-33-47-77-78-48-34-68(56-88(78)99-87(77)55-67)96(66-36-50-84(92)86(94)54-66)64-32-46-76-74-20-12-14-22-80(74)90(82(76)52-64,60-17-9-6-10-18-60)62-29-43-72(44-30-62)98-70-39-25-58(4-2)26-40-70/h3-13,15-21,23,25-29,32-37,39-41,43-44,46-48,50-56,62,71,77,83,87H,1-2,14,22,24,30-31,38,42,45,49H2. The molecular formula is C90H72F4N2O2S. The number of benzene rings is 7. The zero-order valence-electron chi connectivity index (χ0n) is 54.8. The average Bonchev–Trinajstić information content (AvgIpc) is 1.55. The molecule has 0 amide bonds. The van der Waals surface area contributed by atoms with Crippen LogP contribution in [0.25, 0.3) is 17.2 Å². The maximum absolute atomic E-state index is 16.0. The van der Waals surface area contributed by atoms with Gasteiger partial charge >= 0.3 is 0 Å². The summed E-state index contributed by atoms with van der Waals surface area (Å²) in [7, 11) is 0. The first-order valence-corrected chi connectivity index (χ1v) is 35.5. The van der Waals surface area contributed by atoms with Crippen LogP contribution < -0.4 is 9.64 Å². The quantitative estimate of drug-likeness (QED) is 0.0898. The number of ether oxygens (including phenoxy) is 2. The first-order chi connectivity index (χ1) is 48.6. The van der Waals surface area contributed by atoms with E-state index in [0.717, 1.165) is 105 Å². The molecule has 7 aromatic carbocycles. The third-order valence-electron chi connectivity index (χ3n) is 21.7. The lowest BCUT2D eigenvalue weighted by molar-refractivity contribution is 0.147. The maximum atomic E-state index is 16.0. The number of hydrogen-bond donors (Lipinski definition) is 0. The normalized spacial score (nSPS) is 24.5. The molecule has 9 aliphatic carbocycles.